The molecule has 2 fully saturated rings. The maximum atomic E-state index is 14.1. The Kier molecular flexibility index (Phi) is 4.43. The standard InChI is InChI=1S/C25H31N3O/c1-26-25-23(29)28(20-13-7-4-8-14-20)18-24(25,17-19-11-5-3-6-12-19)21-15-9-10-16-22(21)27(25)2/h3,5-6,9-12,15-16,20,26H,4,7-8,13-14,17-18H2,1-2H3. The molecule has 0 spiro atoms. The Balaban J connectivity index is 1.67. The second kappa shape index (κ2) is 6.88. The second-order valence-corrected chi connectivity index (χ2v) is 9.01. The van der Waals surface area contributed by atoms with Gasteiger partial charge in [0, 0.05) is 25.3 Å². The number of nitrogens with zero attached hydrogens (tertiary/aromatic N) is 2. The molecule has 1 saturated heterocycles. The number of anilines is 1. The van der Waals surface area contributed by atoms with Gasteiger partial charge >= 0.3 is 0 Å². The molecule has 1 amide bonds. The van der Waals surface area contributed by atoms with Crippen LogP contribution in [0.1, 0.15) is 43.2 Å². The fourth-order valence-corrected chi connectivity index (χ4v) is 6.41. The molecule has 5 rings (SSSR count). The Hall–Kier alpha value is -2.33. The van der Waals surface area contributed by atoms with Crippen LogP contribution in [-0.2, 0) is 16.6 Å². The Bertz CT molecular complexity index is 907. The Labute approximate surface area is 173 Å². The lowest BCUT2D eigenvalue weighted by atomic mass is 9.70. The number of benzene rings is 2. The molecule has 0 radical (unpaired) electrons. The van der Waals surface area contributed by atoms with E-state index in [-0.39, 0.29) is 11.3 Å². The molecule has 2 atom stereocenters. The maximum Gasteiger partial charge on any atom is 0.264 e. The van der Waals surface area contributed by atoms with Crippen LogP contribution in [0.2, 0.25) is 0 Å². The third-order valence-corrected chi connectivity index (χ3v) is 7.71. The molecule has 4 nitrogen and oxygen atoms in total. The molecular weight excluding hydrogens is 358 g/mol. The Morgan fingerprint density at radius 3 is 2.41 bits per heavy atom. The number of amides is 1. The van der Waals surface area contributed by atoms with Gasteiger partial charge in [0.1, 0.15) is 0 Å². The SMILES string of the molecule is CNC12C(=O)N(C3CCCCC3)CC1(Cc1ccccc1)c1ccccc1N2C. The number of para-hydroxylation sites is 1. The van der Waals surface area contributed by atoms with Gasteiger partial charge in [-0.2, -0.15) is 0 Å². The molecule has 1 aliphatic carbocycles. The molecule has 1 saturated carbocycles. The van der Waals surface area contributed by atoms with E-state index in [1.165, 1.54) is 36.1 Å². The van der Waals surface area contributed by atoms with Gasteiger partial charge in [-0.1, -0.05) is 67.8 Å². The summed E-state index contributed by atoms with van der Waals surface area (Å²) in [5.74, 6) is 0.251. The highest BCUT2D eigenvalue weighted by Crippen LogP contribution is 2.56. The van der Waals surface area contributed by atoms with E-state index in [4.69, 9.17) is 0 Å². The minimum atomic E-state index is -0.732. The van der Waals surface area contributed by atoms with Crippen molar-refractivity contribution in [2.75, 3.05) is 25.5 Å². The highest BCUT2D eigenvalue weighted by Gasteiger charge is 2.70. The zero-order valence-electron chi connectivity index (χ0n) is 17.5. The third kappa shape index (κ3) is 2.45. The quantitative estimate of drug-likeness (QED) is 0.866. The lowest BCUT2D eigenvalue weighted by molar-refractivity contribution is -0.135. The molecule has 2 aliphatic heterocycles. The summed E-state index contributed by atoms with van der Waals surface area (Å²) in [6, 6.07) is 19.7. The Morgan fingerprint density at radius 2 is 1.69 bits per heavy atom. The summed E-state index contributed by atoms with van der Waals surface area (Å²) in [7, 11) is 4.05. The zero-order valence-corrected chi connectivity index (χ0v) is 17.5. The summed E-state index contributed by atoms with van der Waals surface area (Å²) < 4.78 is 0. The van der Waals surface area contributed by atoms with E-state index in [0.29, 0.717) is 6.04 Å². The van der Waals surface area contributed by atoms with Crippen molar-refractivity contribution in [1.82, 2.24) is 10.2 Å². The van der Waals surface area contributed by atoms with Crippen molar-refractivity contribution < 1.29 is 4.79 Å². The van der Waals surface area contributed by atoms with Crippen LogP contribution in [0.4, 0.5) is 5.69 Å². The van der Waals surface area contributed by atoms with E-state index in [0.717, 1.165) is 25.8 Å². The average molecular weight is 390 g/mol. The number of likely N-dealkylation sites (tertiary alicyclic amines) is 1. The summed E-state index contributed by atoms with van der Waals surface area (Å²) in [6.45, 7) is 0.785. The number of carbonyl (C=O) groups excluding carboxylic acids is 1. The first kappa shape index (κ1) is 18.7. The minimum absolute atomic E-state index is 0.251. The van der Waals surface area contributed by atoms with Gasteiger partial charge in [0.15, 0.2) is 5.66 Å². The topological polar surface area (TPSA) is 35.6 Å². The van der Waals surface area contributed by atoms with Gasteiger partial charge in [0.2, 0.25) is 0 Å². The molecule has 2 unspecified atom stereocenters. The number of nitrogens with one attached hydrogen (secondary N) is 1. The number of hydrogen-bond acceptors (Lipinski definition) is 3. The van der Waals surface area contributed by atoms with Crippen LogP contribution in [0.15, 0.2) is 54.6 Å². The van der Waals surface area contributed by atoms with Crippen LogP contribution in [0.25, 0.3) is 0 Å². The lowest BCUT2D eigenvalue weighted by Gasteiger charge is -2.42. The predicted molar refractivity (Wildman–Crippen MR) is 117 cm³/mol. The van der Waals surface area contributed by atoms with Crippen LogP contribution in [0.5, 0.6) is 0 Å². The van der Waals surface area contributed by atoms with Gasteiger partial charge in [-0.15, -0.1) is 0 Å². The molecule has 152 valence electrons. The molecule has 0 bridgehead atoms. The van der Waals surface area contributed by atoms with Crippen molar-refractivity contribution in [3.05, 3.63) is 65.7 Å². The molecule has 1 N–H and O–H groups in total. The summed E-state index contributed by atoms with van der Waals surface area (Å²) in [5, 5.41) is 3.55. The third-order valence-electron chi connectivity index (χ3n) is 7.71. The van der Waals surface area contributed by atoms with Crippen LogP contribution in [0, 0.1) is 0 Å². The number of rotatable bonds is 4. The van der Waals surface area contributed by atoms with E-state index in [1.54, 1.807) is 0 Å². The van der Waals surface area contributed by atoms with Crippen molar-refractivity contribution in [2.45, 2.75) is 55.6 Å². The number of fused-ring (bicyclic) bond motifs is 3. The van der Waals surface area contributed by atoms with Gasteiger partial charge in [-0.3, -0.25) is 10.1 Å². The fourth-order valence-electron chi connectivity index (χ4n) is 6.41. The van der Waals surface area contributed by atoms with Crippen molar-refractivity contribution in [2.24, 2.45) is 0 Å². The minimum Gasteiger partial charge on any atom is -0.347 e. The monoisotopic (exact) mass is 389 g/mol. The van der Waals surface area contributed by atoms with Gasteiger partial charge in [0.05, 0.1) is 5.41 Å². The van der Waals surface area contributed by atoms with Gasteiger partial charge in [-0.25, -0.2) is 0 Å². The van der Waals surface area contributed by atoms with Gasteiger partial charge in [-0.05, 0) is 43.5 Å². The molecule has 2 aromatic carbocycles. The predicted octanol–water partition coefficient (Wildman–Crippen LogP) is 3.71. The molecule has 2 aromatic rings. The molecule has 29 heavy (non-hydrogen) atoms. The highest BCUT2D eigenvalue weighted by atomic mass is 16.2. The molecule has 3 aliphatic rings. The highest BCUT2D eigenvalue weighted by molar-refractivity contribution is 5.98. The van der Waals surface area contributed by atoms with E-state index >= 15 is 0 Å². The second-order valence-electron chi connectivity index (χ2n) is 9.01. The lowest BCUT2D eigenvalue weighted by Crippen LogP contribution is -2.68. The number of carbonyl (C=O) groups is 1. The van der Waals surface area contributed by atoms with Crippen LogP contribution < -0.4 is 10.2 Å². The Morgan fingerprint density at radius 1 is 1.00 bits per heavy atom. The van der Waals surface area contributed by atoms with Crippen LogP contribution in [-0.4, -0.2) is 43.2 Å². The maximum absolute atomic E-state index is 14.1. The smallest absolute Gasteiger partial charge is 0.264 e. The van der Waals surface area contributed by atoms with E-state index in [9.17, 15) is 4.79 Å². The van der Waals surface area contributed by atoms with Crippen LogP contribution >= 0.6 is 0 Å². The summed E-state index contributed by atoms with van der Waals surface area (Å²) in [4.78, 5) is 18.6. The van der Waals surface area contributed by atoms with E-state index < -0.39 is 5.66 Å². The van der Waals surface area contributed by atoms with E-state index in [2.05, 4.69) is 76.8 Å². The fraction of sp³-hybridized carbons (Fsp3) is 0.480. The first-order chi connectivity index (χ1) is 14.1. The first-order valence-electron chi connectivity index (χ1n) is 11.0. The summed E-state index contributed by atoms with van der Waals surface area (Å²) >= 11 is 0. The van der Waals surface area contributed by atoms with Crippen molar-refractivity contribution >= 4 is 11.6 Å². The molecule has 4 heteroatoms. The first-order valence-corrected chi connectivity index (χ1v) is 11.0. The van der Waals surface area contributed by atoms with E-state index in [1.807, 2.05) is 7.05 Å². The molecular formula is C25H31N3O. The number of hydrogen-bond donors (Lipinski definition) is 1. The average Bonchev–Trinajstić information content (AvgIpc) is 3.15. The largest absolute Gasteiger partial charge is 0.347 e. The normalized spacial score (nSPS) is 29.2. The van der Waals surface area contributed by atoms with Gasteiger partial charge < -0.3 is 9.80 Å². The molecule has 0 aromatic heterocycles. The van der Waals surface area contributed by atoms with Crippen molar-refractivity contribution in [1.29, 1.82) is 0 Å². The molecule has 2 heterocycles. The van der Waals surface area contributed by atoms with Crippen LogP contribution in [0.3, 0.4) is 0 Å². The van der Waals surface area contributed by atoms with Gasteiger partial charge in [0.25, 0.3) is 5.91 Å². The summed E-state index contributed by atoms with van der Waals surface area (Å²) in [6.07, 6.45) is 6.90. The zero-order chi connectivity index (χ0) is 20.1. The summed E-state index contributed by atoms with van der Waals surface area (Å²) in [5.41, 5.74) is 2.73. The van der Waals surface area contributed by atoms with Crippen molar-refractivity contribution in [3.63, 3.8) is 0 Å². The number of likely N-dealkylation sites (N-methyl/N-ethyl adjacent to an activating group) is 2. The van der Waals surface area contributed by atoms with Crippen molar-refractivity contribution in [3.8, 4) is 0 Å².